The monoisotopic (exact) mass is 419 g/mol. The van der Waals surface area contributed by atoms with E-state index in [2.05, 4.69) is 5.10 Å². The summed E-state index contributed by atoms with van der Waals surface area (Å²) in [5.41, 5.74) is 2.14. The molecule has 0 radical (unpaired) electrons. The molecule has 0 saturated heterocycles. The third-order valence-corrected chi connectivity index (χ3v) is 4.93. The van der Waals surface area contributed by atoms with Crippen LogP contribution in [0.25, 0.3) is 5.69 Å². The summed E-state index contributed by atoms with van der Waals surface area (Å²) in [4.78, 5) is 38.8. The molecule has 3 aromatic rings. The number of hydrogen-bond donors (Lipinski definition) is 0. The minimum absolute atomic E-state index is 0.00413. The molecule has 2 heterocycles. The van der Waals surface area contributed by atoms with Gasteiger partial charge in [0, 0.05) is 0 Å². The minimum atomic E-state index is -0.544. The van der Waals surface area contributed by atoms with E-state index in [4.69, 9.17) is 9.47 Å². The summed E-state index contributed by atoms with van der Waals surface area (Å²) in [6, 6.07) is 15.9. The molecule has 0 N–H and O–H groups in total. The summed E-state index contributed by atoms with van der Waals surface area (Å²) in [6.45, 7) is 3.66. The van der Waals surface area contributed by atoms with Crippen LogP contribution in [0.1, 0.15) is 43.7 Å². The molecule has 31 heavy (non-hydrogen) atoms. The molecular formula is C23H21N3O5. The average molecular weight is 419 g/mol. The van der Waals surface area contributed by atoms with Crippen LogP contribution in [-0.4, -0.2) is 52.2 Å². The maximum atomic E-state index is 12.6. The second-order valence-corrected chi connectivity index (χ2v) is 6.89. The van der Waals surface area contributed by atoms with Crippen LogP contribution in [-0.2, 0) is 4.74 Å². The largest absolute Gasteiger partial charge is 0.475 e. The van der Waals surface area contributed by atoms with Crippen molar-refractivity contribution < 1.29 is 23.9 Å². The highest BCUT2D eigenvalue weighted by Crippen LogP contribution is 2.27. The molecule has 0 unspecified atom stereocenters. The molecule has 1 aliphatic rings. The zero-order valence-corrected chi connectivity index (χ0v) is 17.2. The fourth-order valence-electron chi connectivity index (χ4n) is 3.50. The maximum Gasteiger partial charge on any atom is 0.345 e. The standard InChI is InChI=1S/C23H21N3O5/c1-3-30-23(29)19-15(2)24-26(16-9-5-4-6-10-16)22(19)31-14-13-25-20(27)17-11-7-8-12-18(17)21(25)28/h4-12H,3,13-14H2,1-2H3. The minimum Gasteiger partial charge on any atom is -0.475 e. The quantitative estimate of drug-likeness (QED) is 0.432. The van der Waals surface area contributed by atoms with Gasteiger partial charge in [0.25, 0.3) is 11.8 Å². The van der Waals surface area contributed by atoms with Crippen LogP contribution in [0.3, 0.4) is 0 Å². The highest BCUT2D eigenvalue weighted by molar-refractivity contribution is 6.21. The van der Waals surface area contributed by atoms with E-state index in [0.29, 0.717) is 22.5 Å². The molecule has 1 aliphatic heterocycles. The van der Waals surface area contributed by atoms with Crippen LogP contribution >= 0.6 is 0 Å². The van der Waals surface area contributed by atoms with Crippen molar-refractivity contribution in [1.29, 1.82) is 0 Å². The summed E-state index contributed by atoms with van der Waals surface area (Å²) in [6.07, 6.45) is 0. The number of aryl methyl sites for hydroxylation is 1. The van der Waals surface area contributed by atoms with Crippen LogP contribution in [0.4, 0.5) is 0 Å². The lowest BCUT2D eigenvalue weighted by molar-refractivity contribution is 0.0514. The lowest BCUT2D eigenvalue weighted by atomic mass is 10.1. The number of ether oxygens (including phenoxy) is 2. The second-order valence-electron chi connectivity index (χ2n) is 6.89. The third-order valence-electron chi connectivity index (χ3n) is 4.93. The molecule has 2 amide bonds. The van der Waals surface area contributed by atoms with Gasteiger partial charge in [-0.15, -0.1) is 0 Å². The Labute approximate surface area is 179 Å². The van der Waals surface area contributed by atoms with Crippen molar-refractivity contribution in [3.63, 3.8) is 0 Å². The first kappa shape index (κ1) is 20.3. The first-order valence-corrected chi connectivity index (χ1v) is 9.93. The topological polar surface area (TPSA) is 90.7 Å². The number of imide groups is 1. The van der Waals surface area contributed by atoms with E-state index in [1.165, 1.54) is 4.68 Å². The Kier molecular flexibility index (Phi) is 5.53. The number of carbonyl (C=O) groups excluding carboxylic acids is 3. The van der Waals surface area contributed by atoms with Gasteiger partial charge in [0.15, 0.2) is 0 Å². The molecule has 0 saturated carbocycles. The Morgan fingerprint density at radius 2 is 1.58 bits per heavy atom. The summed E-state index contributed by atoms with van der Waals surface area (Å²) in [5, 5.41) is 4.44. The van der Waals surface area contributed by atoms with Crippen LogP contribution in [0.2, 0.25) is 0 Å². The molecular weight excluding hydrogens is 398 g/mol. The van der Waals surface area contributed by atoms with Gasteiger partial charge in [-0.1, -0.05) is 30.3 Å². The van der Waals surface area contributed by atoms with Crippen LogP contribution in [0.5, 0.6) is 5.88 Å². The van der Waals surface area contributed by atoms with E-state index in [1.54, 1.807) is 38.1 Å². The number of fused-ring (bicyclic) bond motifs is 1. The zero-order valence-electron chi connectivity index (χ0n) is 17.2. The third kappa shape index (κ3) is 3.68. The van der Waals surface area contributed by atoms with E-state index in [9.17, 15) is 14.4 Å². The summed E-state index contributed by atoms with van der Waals surface area (Å²) < 4.78 is 12.6. The Balaban J connectivity index is 1.59. The SMILES string of the molecule is CCOC(=O)c1c(C)nn(-c2ccccc2)c1OCCN1C(=O)c2ccccc2C1=O. The second kappa shape index (κ2) is 8.43. The van der Waals surface area contributed by atoms with Crippen molar-refractivity contribution in [2.75, 3.05) is 19.8 Å². The molecule has 0 spiro atoms. The smallest absolute Gasteiger partial charge is 0.345 e. The molecule has 0 bridgehead atoms. The lowest BCUT2D eigenvalue weighted by Crippen LogP contribution is -2.34. The Morgan fingerprint density at radius 3 is 2.19 bits per heavy atom. The van der Waals surface area contributed by atoms with Gasteiger partial charge in [-0.05, 0) is 38.1 Å². The van der Waals surface area contributed by atoms with E-state index < -0.39 is 5.97 Å². The van der Waals surface area contributed by atoms with Crippen LogP contribution < -0.4 is 4.74 Å². The Hall–Kier alpha value is -3.94. The summed E-state index contributed by atoms with van der Waals surface area (Å²) in [5.74, 6) is -1.05. The zero-order chi connectivity index (χ0) is 22.0. The van der Waals surface area contributed by atoms with E-state index in [-0.39, 0.29) is 43.0 Å². The highest BCUT2D eigenvalue weighted by atomic mass is 16.5. The lowest BCUT2D eigenvalue weighted by Gasteiger charge is -2.16. The number of rotatable bonds is 7. The van der Waals surface area contributed by atoms with Crippen molar-refractivity contribution in [2.24, 2.45) is 0 Å². The molecule has 0 aliphatic carbocycles. The number of para-hydroxylation sites is 1. The van der Waals surface area contributed by atoms with Gasteiger partial charge in [0.1, 0.15) is 12.2 Å². The van der Waals surface area contributed by atoms with E-state index >= 15 is 0 Å². The molecule has 8 heteroatoms. The van der Waals surface area contributed by atoms with E-state index in [1.807, 2.05) is 30.3 Å². The molecule has 4 rings (SSSR count). The first-order chi connectivity index (χ1) is 15.0. The molecule has 1 aromatic heterocycles. The fraction of sp³-hybridized carbons (Fsp3) is 0.217. The first-order valence-electron chi connectivity index (χ1n) is 9.93. The van der Waals surface area contributed by atoms with Gasteiger partial charge in [-0.2, -0.15) is 5.10 Å². The van der Waals surface area contributed by atoms with Crippen LogP contribution in [0.15, 0.2) is 54.6 Å². The van der Waals surface area contributed by atoms with Gasteiger partial charge in [0.2, 0.25) is 5.88 Å². The van der Waals surface area contributed by atoms with Crippen molar-refractivity contribution in [2.45, 2.75) is 13.8 Å². The summed E-state index contributed by atoms with van der Waals surface area (Å²) >= 11 is 0. The molecule has 0 atom stereocenters. The number of aromatic nitrogens is 2. The number of amides is 2. The van der Waals surface area contributed by atoms with Crippen molar-refractivity contribution >= 4 is 17.8 Å². The molecule has 2 aromatic carbocycles. The van der Waals surface area contributed by atoms with Crippen molar-refractivity contribution in [3.05, 3.63) is 77.0 Å². The number of nitrogens with zero attached hydrogens (tertiary/aromatic N) is 3. The van der Waals surface area contributed by atoms with E-state index in [0.717, 1.165) is 4.90 Å². The van der Waals surface area contributed by atoms with Gasteiger partial charge in [0.05, 0.1) is 35.7 Å². The number of benzene rings is 2. The molecule has 0 fully saturated rings. The Bertz CT molecular complexity index is 1120. The Morgan fingerprint density at radius 1 is 0.968 bits per heavy atom. The number of carbonyl (C=O) groups is 3. The fourth-order valence-corrected chi connectivity index (χ4v) is 3.50. The normalized spacial score (nSPS) is 12.8. The van der Waals surface area contributed by atoms with Gasteiger partial charge >= 0.3 is 5.97 Å². The number of esters is 1. The van der Waals surface area contributed by atoms with Gasteiger partial charge in [-0.3, -0.25) is 14.5 Å². The van der Waals surface area contributed by atoms with Crippen LogP contribution in [0, 0.1) is 6.92 Å². The highest BCUT2D eigenvalue weighted by Gasteiger charge is 2.35. The van der Waals surface area contributed by atoms with Gasteiger partial charge in [-0.25, -0.2) is 9.48 Å². The molecule has 158 valence electrons. The maximum absolute atomic E-state index is 12.6. The van der Waals surface area contributed by atoms with Crippen molar-refractivity contribution in [1.82, 2.24) is 14.7 Å². The van der Waals surface area contributed by atoms with Gasteiger partial charge < -0.3 is 9.47 Å². The predicted molar refractivity (Wildman–Crippen MR) is 112 cm³/mol. The number of hydrogen-bond acceptors (Lipinski definition) is 6. The van der Waals surface area contributed by atoms with Crippen molar-refractivity contribution in [3.8, 4) is 11.6 Å². The summed E-state index contributed by atoms with van der Waals surface area (Å²) in [7, 11) is 0. The predicted octanol–water partition coefficient (Wildman–Crippen LogP) is 3.03. The molecule has 8 nitrogen and oxygen atoms in total. The average Bonchev–Trinajstić information content (AvgIpc) is 3.24.